The maximum Gasteiger partial charge on any atom is 0.359 e. The number of carbonyl (C=O) groups is 9. The zero-order valence-corrected chi connectivity index (χ0v) is 45.3. The van der Waals surface area contributed by atoms with Crippen LogP contribution in [0.25, 0.3) is 0 Å². The Morgan fingerprint density at radius 3 is 1.63 bits per heavy atom. The van der Waals surface area contributed by atoms with E-state index < -0.39 is 91.0 Å². The van der Waals surface area contributed by atoms with Crippen LogP contribution in [-0.2, 0) is 117 Å². The predicted molar refractivity (Wildman–Crippen MR) is 273 cm³/mol. The monoisotopic (exact) mass is 1170 g/mol. The van der Waals surface area contributed by atoms with Crippen LogP contribution >= 0.6 is 31.9 Å². The fourth-order valence-electron chi connectivity index (χ4n) is 8.76. The number of aromatic nitrogens is 2. The number of benzene rings is 2. The lowest BCUT2D eigenvalue weighted by molar-refractivity contribution is -0.148. The fourth-order valence-corrected chi connectivity index (χ4v) is 8.94. The van der Waals surface area contributed by atoms with E-state index >= 15 is 0 Å². The van der Waals surface area contributed by atoms with E-state index in [1.54, 1.807) is 67.6 Å². The number of carbonyl (C=O) groups excluding carboxylic acids is 9. The van der Waals surface area contributed by atoms with Crippen molar-refractivity contribution in [3.8, 4) is 0 Å². The third-order valence-corrected chi connectivity index (χ3v) is 12.8. The predicted octanol–water partition coefficient (Wildman–Crippen LogP) is 6.69. The summed E-state index contributed by atoms with van der Waals surface area (Å²) in [6, 6.07) is 17.7. The molecule has 3 heterocycles. The Balaban J connectivity index is 1.85. The van der Waals surface area contributed by atoms with Crippen molar-refractivity contribution >= 4 is 85.5 Å². The van der Waals surface area contributed by atoms with Crippen LogP contribution in [0, 0.1) is 0 Å². The Bertz CT molecular complexity index is 2830. The molecule has 0 saturated heterocycles. The molecule has 20 nitrogen and oxygen atoms in total. The van der Waals surface area contributed by atoms with E-state index in [0.717, 1.165) is 20.5 Å². The number of amides is 1. The van der Waals surface area contributed by atoms with E-state index in [2.05, 4.69) is 47.1 Å². The van der Waals surface area contributed by atoms with Crippen LogP contribution in [-0.4, -0.2) is 105 Å². The lowest BCUT2D eigenvalue weighted by atomic mass is 9.77. The van der Waals surface area contributed by atoms with Crippen LogP contribution in [0.4, 0.5) is 0 Å². The van der Waals surface area contributed by atoms with Crippen LogP contribution in [0.1, 0.15) is 111 Å². The molecule has 0 aliphatic carbocycles. The minimum atomic E-state index is -1.84. The third-order valence-electron chi connectivity index (χ3n) is 12.4. The largest absolute Gasteiger partial charge is 0.469 e. The summed E-state index contributed by atoms with van der Waals surface area (Å²) in [6.07, 6.45) is -3.50. The summed E-state index contributed by atoms with van der Waals surface area (Å²) < 4.78 is 42.5. The van der Waals surface area contributed by atoms with Gasteiger partial charge in [0.1, 0.15) is 30.4 Å². The second-order valence-corrected chi connectivity index (χ2v) is 19.8. The lowest BCUT2D eigenvalue weighted by Crippen LogP contribution is -2.49. The molecule has 2 aromatic carbocycles. The van der Waals surface area contributed by atoms with Crippen molar-refractivity contribution in [2.24, 2.45) is 0 Å². The zero-order chi connectivity index (χ0) is 54.8. The minimum Gasteiger partial charge on any atom is -0.469 e. The Hall–Kier alpha value is -7.33. The molecule has 1 unspecified atom stereocenters. The highest BCUT2D eigenvalue weighted by Crippen LogP contribution is 2.41. The molecular formula is C53H57Br2N3O17. The van der Waals surface area contributed by atoms with Gasteiger partial charge >= 0.3 is 47.8 Å². The highest BCUT2D eigenvalue weighted by Gasteiger charge is 2.48. The van der Waals surface area contributed by atoms with Crippen LogP contribution < -0.4 is 5.32 Å². The SMILES string of the molecule is COC(=O)CCC1=C(CC(=O)O[C@@H](C)c2ccccc2)C(Cc2[nH]c(C(=O)OC=C(Br)Br)c(CCC(=O)OC)c2CC(=O)OC)(Cc2[nH]c(C(=O)OCc3ccccc3)c(CC(=O)OC)c2CCC(=O)OC)NC1=O. The van der Waals surface area contributed by atoms with Crippen molar-refractivity contribution in [3.05, 3.63) is 138 Å². The first-order chi connectivity index (χ1) is 35.9. The number of hydrogen-bond donors (Lipinski definition) is 3. The summed E-state index contributed by atoms with van der Waals surface area (Å²) in [5.74, 6) is -6.89. The Labute approximate surface area is 448 Å². The molecule has 4 aromatic rings. The molecule has 0 bridgehead atoms. The normalized spacial score (nSPS) is 14.2. The van der Waals surface area contributed by atoms with Crippen LogP contribution in [0.5, 0.6) is 0 Å². The Morgan fingerprint density at radius 1 is 0.587 bits per heavy atom. The smallest absolute Gasteiger partial charge is 0.359 e. The second-order valence-electron chi connectivity index (χ2n) is 17.0. The molecule has 2 aromatic heterocycles. The maximum absolute atomic E-state index is 14.8. The molecule has 0 saturated carbocycles. The van der Waals surface area contributed by atoms with Crippen molar-refractivity contribution < 1.29 is 81.0 Å². The van der Waals surface area contributed by atoms with E-state index in [1.807, 2.05) is 0 Å². The van der Waals surface area contributed by atoms with Crippen molar-refractivity contribution in [1.82, 2.24) is 15.3 Å². The van der Waals surface area contributed by atoms with Gasteiger partial charge in [-0.1, -0.05) is 60.7 Å². The second kappa shape index (κ2) is 27.8. The van der Waals surface area contributed by atoms with E-state index in [9.17, 15) is 43.2 Å². The molecule has 400 valence electrons. The zero-order valence-electron chi connectivity index (χ0n) is 42.1. The third kappa shape index (κ3) is 15.8. The van der Waals surface area contributed by atoms with Gasteiger partial charge in [-0.3, -0.25) is 33.6 Å². The van der Waals surface area contributed by atoms with E-state index in [-0.39, 0.29) is 111 Å². The highest BCUT2D eigenvalue weighted by molar-refractivity contribution is 9.28. The van der Waals surface area contributed by atoms with Gasteiger partial charge in [0, 0.05) is 49.1 Å². The molecule has 0 radical (unpaired) electrons. The quantitative estimate of drug-likeness (QED) is 0.0336. The first-order valence-electron chi connectivity index (χ1n) is 23.4. The number of methoxy groups -OCH3 is 5. The number of halogens is 2. The first kappa shape index (κ1) is 58.6. The molecule has 5 rings (SSSR count). The average Bonchev–Trinajstić information content (AvgIpc) is 4.01. The minimum absolute atomic E-state index is 0.0106. The van der Waals surface area contributed by atoms with Gasteiger partial charge in [0.2, 0.25) is 5.91 Å². The standard InChI is InChI=1S/C53H57Br2N3O17/c1-30(32-15-11-8-12-16-32)75-47(64)25-38-35(19-22-44(61)70-4)50(65)58-53(38,27-40-36(23-45(62)71-5)34(18-21-43(60)69-3)48(57-40)51(66)74-29-41(54)55)26-39-33(17-20-42(59)68-2)37(24-46(63)72-6)49(56-39)52(67)73-28-31-13-9-7-10-14-31/h7-16,29-30,56-57H,17-28H2,1-6H3,(H,58,65)/t30-,53?/m0/s1. The molecule has 0 spiro atoms. The van der Waals surface area contributed by atoms with Crippen molar-refractivity contribution in [1.29, 1.82) is 0 Å². The van der Waals surface area contributed by atoms with Crippen molar-refractivity contribution in [2.45, 2.75) is 95.8 Å². The van der Waals surface area contributed by atoms with Gasteiger partial charge in [-0.05, 0) is 97.0 Å². The molecule has 0 fully saturated rings. The number of H-pyrrole nitrogens is 2. The van der Waals surface area contributed by atoms with Crippen molar-refractivity contribution in [2.75, 3.05) is 35.5 Å². The Morgan fingerprint density at radius 2 is 1.08 bits per heavy atom. The van der Waals surface area contributed by atoms with E-state index in [0.29, 0.717) is 11.1 Å². The topological polar surface area (TPSA) is 271 Å². The first-order valence-corrected chi connectivity index (χ1v) is 25.0. The number of nitrogens with one attached hydrogen (secondary N) is 3. The summed E-state index contributed by atoms with van der Waals surface area (Å²) in [4.78, 5) is 129. The summed E-state index contributed by atoms with van der Waals surface area (Å²) in [5.41, 5.74) is 0.111. The van der Waals surface area contributed by atoms with E-state index in [1.165, 1.54) is 21.3 Å². The summed E-state index contributed by atoms with van der Waals surface area (Å²) in [6.45, 7) is 1.49. The number of aromatic amines is 2. The fraction of sp³-hybridized carbons (Fsp3) is 0.377. The molecule has 1 aliphatic rings. The van der Waals surface area contributed by atoms with Gasteiger partial charge in [-0.15, -0.1) is 0 Å². The Kier molecular flexibility index (Phi) is 21.7. The number of ether oxygens (including phenoxy) is 8. The van der Waals surface area contributed by atoms with E-state index in [4.69, 9.17) is 37.9 Å². The summed E-state index contributed by atoms with van der Waals surface area (Å²) in [5, 5.41) is 3.07. The van der Waals surface area contributed by atoms with Gasteiger partial charge in [0.05, 0.1) is 63.7 Å². The van der Waals surface area contributed by atoms with Crippen molar-refractivity contribution in [3.63, 3.8) is 0 Å². The van der Waals surface area contributed by atoms with Gasteiger partial charge < -0.3 is 53.2 Å². The molecule has 3 N–H and O–H groups in total. The average molecular weight is 1170 g/mol. The molecule has 1 aliphatic heterocycles. The van der Waals surface area contributed by atoms with Gasteiger partial charge in [0.15, 0.2) is 0 Å². The summed E-state index contributed by atoms with van der Waals surface area (Å²) in [7, 11) is 5.86. The number of esters is 8. The maximum atomic E-state index is 14.8. The lowest BCUT2D eigenvalue weighted by Gasteiger charge is -2.33. The van der Waals surface area contributed by atoms with Crippen LogP contribution in [0.15, 0.2) is 81.5 Å². The molecule has 2 atom stereocenters. The van der Waals surface area contributed by atoms with Crippen LogP contribution in [0.2, 0.25) is 0 Å². The molecular weight excluding hydrogens is 1110 g/mol. The molecule has 22 heteroatoms. The highest BCUT2D eigenvalue weighted by atomic mass is 79.9. The van der Waals surface area contributed by atoms with Gasteiger partial charge in [-0.25, -0.2) is 9.59 Å². The number of hydrogen-bond acceptors (Lipinski definition) is 17. The van der Waals surface area contributed by atoms with Crippen LogP contribution in [0.3, 0.4) is 0 Å². The van der Waals surface area contributed by atoms with Gasteiger partial charge in [-0.2, -0.15) is 0 Å². The molecule has 1 amide bonds. The van der Waals surface area contributed by atoms with Gasteiger partial charge in [0.25, 0.3) is 0 Å². The number of rotatable bonds is 26. The molecule has 75 heavy (non-hydrogen) atoms. The summed E-state index contributed by atoms with van der Waals surface area (Å²) >= 11 is 6.31.